The van der Waals surface area contributed by atoms with Crippen LogP contribution in [0.2, 0.25) is 0 Å². The van der Waals surface area contributed by atoms with Gasteiger partial charge in [-0.25, -0.2) is 9.37 Å². The summed E-state index contributed by atoms with van der Waals surface area (Å²) in [4.78, 5) is 28.0. The molecular weight excluding hydrogens is 353 g/mol. The van der Waals surface area contributed by atoms with Crippen LogP contribution in [-0.2, 0) is 4.79 Å². The van der Waals surface area contributed by atoms with E-state index < -0.39 is 0 Å². The van der Waals surface area contributed by atoms with Gasteiger partial charge >= 0.3 is 0 Å². The lowest BCUT2D eigenvalue weighted by Gasteiger charge is -2.10. The summed E-state index contributed by atoms with van der Waals surface area (Å²) in [5.41, 5.74) is 3.11. The highest BCUT2D eigenvalue weighted by atomic mass is 32.1. The molecule has 5 nitrogen and oxygen atoms in total. The monoisotopic (exact) mass is 369 g/mol. The van der Waals surface area contributed by atoms with Gasteiger partial charge in [-0.2, -0.15) is 0 Å². The number of hydrogen-bond donors (Lipinski definition) is 2. The molecule has 0 bridgehead atoms. The molecule has 132 valence electrons. The van der Waals surface area contributed by atoms with Crippen LogP contribution >= 0.6 is 11.3 Å². The van der Waals surface area contributed by atoms with Gasteiger partial charge in [-0.15, -0.1) is 11.3 Å². The molecule has 0 saturated heterocycles. The Morgan fingerprint density at radius 1 is 1.08 bits per heavy atom. The van der Waals surface area contributed by atoms with Crippen LogP contribution in [-0.4, -0.2) is 16.8 Å². The summed E-state index contributed by atoms with van der Waals surface area (Å²) in [6, 6.07) is 11.2. The molecular formula is C19H16FN3O2S. The zero-order chi connectivity index (χ0) is 18.7. The molecule has 0 spiro atoms. The minimum atomic E-state index is -0.354. The van der Waals surface area contributed by atoms with Crippen molar-refractivity contribution in [2.24, 2.45) is 0 Å². The Hall–Kier alpha value is -3.06. The van der Waals surface area contributed by atoms with E-state index >= 15 is 0 Å². The molecule has 2 amide bonds. The van der Waals surface area contributed by atoms with Gasteiger partial charge in [-0.05, 0) is 48.9 Å². The van der Waals surface area contributed by atoms with E-state index in [0.29, 0.717) is 16.4 Å². The van der Waals surface area contributed by atoms with Gasteiger partial charge < -0.3 is 10.6 Å². The smallest absolute Gasteiger partial charge is 0.275 e. The number of benzene rings is 2. The van der Waals surface area contributed by atoms with Crippen molar-refractivity contribution in [3.05, 3.63) is 64.9 Å². The van der Waals surface area contributed by atoms with E-state index in [4.69, 9.17) is 0 Å². The first-order chi connectivity index (χ1) is 12.4. The number of aryl methyl sites for hydroxylation is 1. The van der Waals surface area contributed by atoms with Crippen LogP contribution < -0.4 is 10.6 Å². The van der Waals surface area contributed by atoms with Gasteiger partial charge in [0.2, 0.25) is 5.91 Å². The zero-order valence-electron chi connectivity index (χ0n) is 14.2. The largest absolute Gasteiger partial charge is 0.326 e. The summed E-state index contributed by atoms with van der Waals surface area (Å²) in [6.07, 6.45) is 0. The van der Waals surface area contributed by atoms with E-state index in [1.54, 1.807) is 29.6 Å². The number of thiazole rings is 1. The van der Waals surface area contributed by atoms with E-state index in [-0.39, 0.29) is 23.3 Å². The molecule has 3 rings (SSSR count). The minimum Gasteiger partial charge on any atom is -0.326 e. The molecule has 0 aliphatic heterocycles. The average Bonchev–Trinajstić information content (AvgIpc) is 3.08. The van der Waals surface area contributed by atoms with Crippen LogP contribution in [0.15, 0.2) is 47.8 Å². The summed E-state index contributed by atoms with van der Waals surface area (Å²) in [7, 11) is 0. The number of anilines is 2. The van der Waals surface area contributed by atoms with Gasteiger partial charge in [0, 0.05) is 29.2 Å². The first-order valence-corrected chi connectivity index (χ1v) is 8.71. The lowest BCUT2D eigenvalue weighted by molar-refractivity contribution is -0.114. The highest BCUT2D eigenvalue weighted by Gasteiger charge is 2.13. The first kappa shape index (κ1) is 17.8. The molecule has 2 aromatic carbocycles. The second-order valence-electron chi connectivity index (χ2n) is 5.71. The van der Waals surface area contributed by atoms with Gasteiger partial charge in [-0.1, -0.05) is 6.07 Å². The molecule has 26 heavy (non-hydrogen) atoms. The van der Waals surface area contributed by atoms with Crippen molar-refractivity contribution in [1.29, 1.82) is 0 Å². The summed E-state index contributed by atoms with van der Waals surface area (Å²) in [5, 5.41) is 7.78. The number of amides is 2. The Bertz CT molecular complexity index is 967. The highest BCUT2D eigenvalue weighted by Crippen LogP contribution is 2.25. The van der Waals surface area contributed by atoms with Crippen LogP contribution in [0, 0.1) is 12.7 Å². The third kappa shape index (κ3) is 4.12. The molecule has 3 aromatic rings. The van der Waals surface area contributed by atoms with Crippen molar-refractivity contribution in [3.63, 3.8) is 0 Å². The van der Waals surface area contributed by atoms with Gasteiger partial charge in [0.25, 0.3) is 5.91 Å². The molecule has 7 heteroatoms. The number of halogens is 1. The number of carbonyl (C=O) groups is 2. The summed E-state index contributed by atoms with van der Waals surface area (Å²) >= 11 is 1.31. The first-order valence-electron chi connectivity index (χ1n) is 7.83. The summed E-state index contributed by atoms with van der Waals surface area (Å²) in [5.74, 6) is -0.857. The van der Waals surface area contributed by atoms with Crippen LogP contribution in [0.3, 0.4) is 0 Å². The third-order valence-corrected chi connectivity index (χ3v) is 4.53. The Balaban J connectivity index is 1.76. The Morgan fingerprint density at radius 3 is 2.50 bits per heavy atom. The van der Waals surface area contributed by atoms with Crippen molar-refractivity contribution in [2.45, 2.75) is 13.8 Å². The van der Waals surface area contributed by atoms with Crippen LogP contribution in [0.1, 0.15) is 23.0 Å². The Morgan fingerprint density at radius 2 is 1.81 bits per heavy atom. The molecule has 0 saturated carbocycles. The topological polar surface area (TPSA) is 71.1 Å². The normalized spacial score (nSPS) is 10.4. The predicted octanol–water partition coefficient (Wildman–Crippen LogP) is 4.47. The fraction of sp³-hybridized carbons (Fsp3) is 0.105. The van der Waals surface area contributed by atoms with Gasteiger partial charge in [-0.3, -0.25) is 9.59 Å². The van der Waals surface area contributed by atoms with Gasteiger partial charge in [0.1, 0.15) is 16.5 Å². The Labute approximate surface area is 153 Å². The molecule has 0 unspecified atom stereocenters. The zero-order valence-corrected chi connectivity index (χ0v) is 15.0. The van der Waals surface area contributed by atoms with Crippen LogP contribution in [0.25, 0.3) is 10.6 Å². The lowest BCUT2D eigenvalue weighted by Crippen LogP contribution is -2.13. The lowest BCUT2D eigenvalue weighted by atomic mass is 10.1. The van der Waals surface area contributed by atoms with Crippen LogP contribution in [0.4, 0.5) is 15.8 Å². The minimum absolute atomic E-state index is 0.181. The molecule has 0 atom stereocenters. The molecule has 0 radical (unpaired) electrons. The van der Waals surface area contributed by atoms with E-state index in [2.05, 4.69) is 15.6 Å². The van der Waals surface area contributed by atoms with Crippen molar-refractivity contribution >= 4 is 34.5 Å². The highest BCUT2D eigenvalue weighted by molar-refractivity contribution is 7.13. The average molecular weight is 369 g/mol. The van der Waals surface area contributed by atoms with Gasteiger partial charge in [0.15, 0.2) is 0 Å². The maximum Gasteiger partial charge on any atom is 0.275 e. The molecule has 0 aliphatic rings. The molecule has 0 aliphatic carbocycles. The Kier molecular flexibility index (Phi) is 5.09. The van der Waals surface area contributed by atoms with Crippen molar-refractivity contribution in [3.8, 4) is 10.6 Å². The number of carbonyl (C=O) groups excluding carboxylic acids is 2. The maximum absolute atomic E-state index is 13.0. The summed E-state index contributed by atoms with van der Waals surface area (Å²) in [6.45, 7) is 3.29. The standard InChI is InChI=1S/C19H16FN3O2S/c1-11-3-8-15(9-16(11)21-12(2)24)22-18(25)17-10-26-19(23-17)13-4-6-14(20)7-5-13/h3-10H,1-2H3,(H,21,24)(H,22,25). The predicted molar refractivity (Wildman–Crippen MR) is 101 cm³/mol. The molecule has 1 heterocycles. The van der Waals surface area contributed by atoms with E-state index in [9.17, 15) is 14.0 Å². The van der Waals surface area contributed by atoms with Crippen molar-refractivity contribution < 1.29 is 14.0 Å². The van der Waals surface area contributed by atoms with Crippen molar-refractivity contribution in [2.75, 3.05) is 10.6 Å². The maximum atomic E-state index is 13.0. The second-order valence-corrected chi connectivity index (χ2v) is 6.57. The molecule has 1 aromatic heterocycles. The summed E-state index contributed by atoms with van der Waals surface area (Å²) < 4.78 is 13.0. The second kappa shape index (κ2) is 7.45. The van der Waals surface area contributed by atoms with E-state index in [0.717, 1.165) is 11.1 Å². The SMILES string of the molecule is CC(=O)Nc1cc(NC(=O)c2csc(-c3ccc(F)cc3)n2)ccc1C. The molecule has 2 N–H and O–H groups in total. The molecule has 0 fully saturated rings. The fourth-order valence-electron chi connectivity index (χ4n) is 2.32. The quantitative estimate of drug-likeness (QED) is 0.713. The van der Waals surface area contributed by atoms with Gasteiger partial charge in [0.05, 0.1) is 0 Å². The fourth-order valence-corrected chi connectivity index (χ4v) is 3.13. The number of hydrogen-bond acceptors (Lipinski definition) is 4. The van der Waals surface area contributed by atoms with E-state index in [1.807, 2.05) is 13.0 Å². The van der Waals surface area contributed by atoms with Crippen LogP contribution in [0.5, 0.6) is 0 Å². The van der Waals surface area contributed by atoms with Crippen molar-refractivity contribution in [1.82, 2.24) is 4.98 Å². The number of aromatic nitrogens is 1. The number of nitrogens with zero attached hydrogens (tertiary/aromatic N) is 1. The third-order valence-electron chi connectivity index (χ3n) is 3.63. The number of rotatable bonds is 4. The number of nitrogens with one attached hydrogen (secondary N) is 2. The van der Waals surface area contributed by atoms with E-state index in [1.165, 1.54) is 30.4 Å².